The first-order chi connectivity index (χ1) is 11.6. The fourth-order valence-corrected chi connectivity index (χ4v) is 3.48. The zero-order valence-electron chi connectivity index (χ0n) is 13.4. The molecule has 1 aliphatic rings. The van der Waals surface area contributed by atoms with Crippen molar-refractivity contribution >= 4 is 28.5 Å². The molecule has 3 aromatic rings. The molecule has 0 saturated carbocycles. The number of nitrogens with two attached hydrogens (primary N) is 1. The van der Waals surface area contributed by atoms with Crippen LogP contribution in [0.15, 0.2) is 36.8 Å². The van der Waals surface area contributed by atoms with Crippen molar-refractivity contribution in [3.05, 3.63) is 52.9 Å². The molecule has 5 nitrogen and oxygen atoms in total. The molecule has 1 fully saturated rings. The first-order valence-corrected chi connectivity index (χ1v) is 8.47. The van der Waals surface area contributed by atoms with E-state index in [0.29, 0.717) is 5.82 Å². The molecule has 4 rings (SSSR count). The second kappa shape index (κ2) is 6.07. The lowest BCUT2D eigenvalue weighted by molar-refractivity contribution is 0.00505. The molecule has 6 heteroatoms. The number of fused-ring (bicyclic) bond motifs is 1. The number of ether oxygens (including phenoxy) is 1. The van der Waals surface area contributed by atoms with Crippen LogP contribution in [-0.2, 0) is 11.2 Å². The van der Waals surface area contributed by atoms with Crippen LogP contribution in [0.2, 0.25) is 5.02 Å². The smallest absolute Gasteiger partial charge is 0.147 e. The predicted octanol–water partition coefficient (Wildman–Crippen LogP) is 3.90. The van der Waals surface area contributed by atoms with Gasteiger partial charge in [0.1, 0.15) is 24.0 Å². The van der Waals surface area contributed by atoms with Gasteiger partial charge < -0.3 is 15.0 Å². The molecule has 0 bridgehead atoms. The third kappa shape index (κ3) is 2.74. The summed E-state index contributed by atoms with van der Waals surface area (Å²) in [6.07, 6.45) is 6.55. The molecule has 3 heterocycles. The highest BCUT2D eigenvalue weighted by atomic mass is 35.5. The summed E-state index contributed by atoms with van der Waals surface area (Å²) in [5.41, 5.74) is 9.10. The SMILES string of the molecule is Cc1cc(C[C@@H]2CC[C@H](n3ccc4c(N)ncnc43)O2)ccc1Cl. The normalized spacial score (nSPS) is 20.8. The Morgan fingerprint density at radius 2 is 2.17 bits per heavy atom. The molecule has 0 unspecified atom stereocenters. The first-order valence-electron chi connectivity index (χ1n) is 8.09. The third-order valence-electron chi connectivity index (χ3n) is 4.62. The zero-order valence-corrected chi connectivity index (χ0v) is 14.2. The summed E-state index contributed by atoms with van der Waals surface area (Å²) in [4.78, 5) is 8.39. The number of anilines is 1. The van der Waals surface area contributed by atoms with Crippen LogP contribution in [0.5, 0.6) is 0 Å². The minimum absolute atomic E-state index is 0.00445. The van der Waals surface area contributed by atoms with Gasteiger partial charge in [0.25, 0.3) is 0 Å². The summed E-state index contributed by atoms with van der Waals surface area (Å²) >= 11 is 6.10. The van der Waals surface area contributed by atoms with E-state index in [1.807, 2.05) is 25.3 Å². The molecular weight excluding hydrogens is 324 g/mol. The lowest BCUT2D eigenvalue weighted by Crippen LogP contribution is -2.13. The molecular formula is C18H19ClN4O. The highest BCUT2D eigenvalue weighted by Crippen LogP contribution is 2.33. The van der Waals surface area contributed by atoms with Gasteiger partial charge in [-0.25, -0.2) is 9.97 Å². The topological polar surface area (TPSA) is 66.0 Å². The van der Waals surface area contributed by atoms with Crippen molar-refractivity contribution in [1.82, 2.24) is 14.5 Å². The Labute approximate surface area is 145 Å². The van der Waals surface area contributed by atoms with Crippen LogP contribution in [0, 0.1) is 6.92 Å². The fourth-order valence-electron chi connectivity index (χ4n) is 3.36. The van der Waals surface area contributed by atoms with Gasteiger partial charge in [-0.15, -0.1) is 0 Å². The van der Waals surface area contributed by atoms with E-state index in [4.69, 9.17) is 22.1 Å². The summed E-state index contributed by atoms with van der Waals surface area (Å²) in [6.45, 7) is 2.03. The minimum Gasteiger partial charge on any atom is -0.383 e. The van der Waals surface area contributed by atoms with Crippen LogP contribution >= 0.6 is 11.6 Å². The van der Waals surface area contributed by atoms with Crippen molar-refractivity contribution < 1.29 is 4.74 Å². The highest BCUT2D eigenvalue weighted by Gasteiger charge is 2.28. The maximum atomic E-state index is 6.26. The summed E-state index contributed by atoms with van der Waals surface area (Å²) in [7, 11) is 0. The standard InChI is InChI=1S/C18H19ClN4O/c1-11-8-12(2-4-15(11)19)9-13-3-5-16(24-13)23-7-6-14-17(20)21-10-22-18(14)23/h2,4,6-8,10,13,16H,3,5,9H2,1H3,(H2,20,21,22)/t13-,16+/m0/s1. The van der Waals surface area contributed by atoms with Crippen molar-refractivity contribution in [3.63, 3.8) is 0 Å². The summed E-state index contributed by atoms with van der Waals surface area (Å²) in [6, 6.07) is 8.12. The molecule has 124 valence electrons. The van der Waals surface area contributed by atoms with Crippen LogP contribution in [0.1, 0.15) is 30.2 Å². The van der Waals surface area contributed by atoms with E-state index in [9.17, 15) is 0 Å². The van der Waals surface area contributed by atoms with Crippen molar-refractivity contribution in [1.29, 1.82) is 0 Å². The van der Waals surface area contributed by atoms with Crippen molar-refractivity contribution in [2.75, 3.05) is 5.73 Å². The van der Waals surface area contributed by atoms with Gasteiger partial charge in [-0.2, -0.15) is 0 Å². The molecule has 24 heavy (non-hydrogen) atoms. The van der Waals surface area contributed by atoms with Gasteiger partial charge >= 0.3 is 0 Å². The Hall–Kier alpha value is -2.11. The van der Waals surface area contributed by atoms with E-state index in [1.54, 1.807) is 0 Å². The van der Waals surface area contributed by atoms with Crippen molar-refractivity contribution in [2.45, 2.75) is 38.5 Å². The third-order valence-corrected chi connectivity index (χ3v) is 5.05. The number of aryl methyl sites for hydroxylation is 1. The van der Waals surface area contributed by atoms with Crippen LogP contribution in [0.4, 0.5) is 5.82 Å². The Morgan fingerprint density at radius 3 is 3.00 bits per heavy atom. The number of nitrogen functional groups attached to an aromatic ring is 1. The van der Waals surface area contributed by atoms with Gasteiger partial charge in [0, 0.05) is 11.2 Å². The number of benzene rings is 1. The summed E-state index contributed by atoms with van der Waals surface area (Å²) < 4.78 is 8.31. The lowest BCUT2D eigenvalue weighted by atomic mass is 10.0. The average molecular weight is 343 g/mol. The molecule has 2 N–H and O–H groups in total. The molecule has 2 atom stereocenters. The molecule has 0 amide bonds. The second-order valence-electron chi connectivity index (χ2n) is 6.30. The zero-order chi connectivity index (χ0) is 16.7. The lowest BCUT2D eigenvalue weighted by Gasteiger charge is -2.16. The van der Waals surface area contributed by atoms with E-state index in [1.165, 1.54) is 11.9 Å². The van der Waals surface area contributed by atoms with E-state index < -0.39 is 0 Å². The Bertz CT molecular complexity index is 892. The number of aromatic nitrogens is 3. The van der Waals surface area contributed by atoms with E-state index in [2.05, 4.69) is 26.7 Å². The van der Waals surface area contributed by atoms with Crippen LogP contribution < -0.4 is 5.73 Å². The number of hydrogen-bond acceptors (Lipinski definition) is 4. The van der Waals surface area contributed by atoms with Gasteiger partial charge in [-0.05, 0) is 49.4 Å². The molecule has 2 aromatic heterocycles. The number of nitrogens with zero attached hydrogens (tertiary/aromatic N) is 3. The number of halogens is 1. The number of rotatable bonds is 3. The van der Waals surface area contributed by atoms with Crippen LogP contribution in [0.3, 0.4) is 0 Å². The van der Waals surface area contributed by atoms with Crippen molar-refractivity contribution in [2.24, 2.45) is 0 Å². The second-order valence-corrected chi connectivity index (χ2v) is 6.70. The first kappa shape index (κ1) is 15.4. The molecule has 1 saturated heterocycles. The van der Waals surface area contributed by atoms with Gasteiger partial charge in [-0.3, -0.25) is 0 Å². The number of hydrogen-bond donors (Lipinski definition) is 1. The average Bonchev–Trinajstić information content (AvgIpc) is 3.18. The van der Waals surface area contributed by atoms with Gasteiger partial charge in [0.15, 0.2) is 0 Å². The summed E-state index contributed by atoms with van der Waals surface area (Å²) in [5, 5.41) is 1.68. The fraction of sp³-hybridized carbons (Fsp3) is 0.333. The molecule has 0 radical (unpaired) electrons. The van der Waals surface area contributed by atoms with E-state index in [0.717, 1.165) is 40.9 Å². The quantitative estimate of drug-likeness (QED) is 0.784. The van der Waals surface area contributed by atoms with Crippen LogP contribution in [0.25, 0.3) is 11.0 Å². The van der Waals surface area contributed by atoms with Gasteiger partial charge in [0.2, 0.25) is 0 Å². The summed E-state index contributed by atoms with van der Waals surface area (Å²) in [5.74, 6) is 0.505. The monoisotopic (exact) mass is 342 g/mol. The molecule has 0 spiro atoms. The van der Waals surface area contributed by atoms with E-state index in [-0.39, 0.29) is 12.3 Å². The maximum absolute atomic E-state index is 6.26. The van der Waals surface area contributed by atoms with Gasteiger partial charge in [-0.1, -0.05) is 23.7 Å². The predicted molar refractivity (Wildman–Crippen MR) is 95.0 cm³/mol. The minimum atomic E-state index is -0.00445. The van der Waals surface area contributed by atoms with Crippen LogP contribution in [-0.4, -0.2) is 20.6 Å². The molecule has 1 aromatic carbocycles. The molecule has 1 aliphatic heterocycles. The maximum Gasteiger partial charge on any atom is 0.147 e. The Kier molecular flexibility index (Phi) is 3.90. The van der Waals surface area contributed by atoms with Crippen molar-refractivity contribution in [3.8, 4) is 0 Å². The highest BCUT2D eigenvalue weighted by molar-refractivity contribution is 6.31. The van der Waals surface area contributed by atoms with Gasteiger partial charge in [0.05, 0.1) is 11.5 Å². The Balaban J connectivity index is 1.51. The van der Waals surface area contributed by atoms with E-state index >= 15 is 0 Å². The molecule has 0 aliphatic carbocycles. The largest absolute Gasteiger partial charge is 0.383 e. The Morgan fingerprint density at radius 1 is 1.29 bits per heavy atom.